The fourth-order valence-electron chi connectivity index (χ4n) is 3.24. The van der Waals surface area contributed by atoms with Crippen molar-refractivity contribution in [2.75, 3.05) is 18.4 Å². The standard InChI is InChI=1S/C22H23FN4O3/c1-14(2)21-25-20(26-30-21)15-6-8-18(9-7-15)29-19-10-11-27(13-19)22(28)24-17-5-3-4-16(23)12-17/h3-9,12,14,19H,10-11,13H2,1-2H3,(H,24,28). The van der Waals surface area contributed by atoms with Crippen LogP contribution in [0, 0.1) is 5.82 Å². The van der Waals surface area contributed by atoms with Gasteiger partial charge in [0, 0.05) is 30.1 Å². The Balaban J connectivity index is 1.32. The van der Waals surface area contributed by atoms with E-state index in [0.717, 1.165) is 12.0 Å². The van der Waals surface area contributed by atoms with Crippen LogP contribution in [-0.2, 0) is 0 Å². The molecule has 1 fully saturated rings. The molecule has 1 unspecified atom stereocenters. The van der Waals surface area contributed by atoms with Crippen molar-refractivity contribution >= 4 is 11.7 Å². The molecule has 2 aromatic carbocycles. The number of aromatic nitrogens is 2. The van der Waals surface area contributed by atoms with E-state index in [-0.39, 0.29) is 23.9 Å². The van der Waals surface area contributed by atoms with Gasteiger partial charge in [-0.1, -0.05) is 25.1 Å². The number of anilines is 1. The summed E-state index contributed by atoms with van der Waals surface area (Å²) < 4.78 is 24.5. The topological polar surface area (TPSA) is 80.5 Å². The van der Waals surface area contributed by atoms with Gasteiger partial charge in [-0.25, -0.2) is 9.18 Å². The highest BCUT2D eigenvalue weighted by molar-refractivity contribution is 5.89. The summed E-state index contributed by atoms with van der Waals surface area (Å²) in [5.41, 5.74) is 1.28. The van der Waals surface area contributed by atoms with Gasteiger partial charge in [0.05, 0.1) is 6.54 Å². The number of carbonyl (C=O) groups is 1. The molecule has 2 amide bonds. The first-order valence-electron chi connectivity index (χ1n) is 9.90. The van der Waals surface area contributed by atoms with Crippen LogP contribution in [0.25, 0.3) is 11.4 Å². The number of likely N-dealkylation sites (tertiary alicyclic amines) is 1. The van der Waals surface area contributed by atoms with Gasteiger partial charge in [-0.05, 0) is 42.5 Å². The van der Waals surface area contributed by atoms with E-state index < -0.39 is 0 Å². The van der Waals surface area contributed by atoms with E-state index in [1.54, 1.807) is 17.0 Å². The second-order valence-corrected chi connectivity index (χ2v) is 7.55. The van der Waals surface area contributed by atoms with E-state index in [2.05, 4.69) is 15.5 Å². The van der Waals surface area contributed by atoms with Crippen LogP contribution in [0.1, 0.15) is 32.1 Å². The lowest BCUT2D eigenvalue weighted by molar-refractivity contribution is 0.195. The fraction of sp³-hybridized carbons (Fsp3) is 0.318. The number of hydrogen-bond acceptors (Lipinski definition) is 5. The number of nitrogens with zero attached hydrogens (tertiary/aromatic N) is 3. The highest BCUT2D eigenvalue weighted by atomic mass is 19.1. The van der Waals surface area contributed by atoms with Gasteiger partial charge in [0.15, 0.2) is 0 Å². The fourth-order valence-corrected chi connectivity index (χ4v) is 3.24. The molecule has 0 radical (unpaired) electrons. The number of nitrogens with one attached hydrogen (secondary N) is 1. The van der Waals surface area contributed by atoms with Gasteiger partial charge < -0.3 is 19.5 Å². The molecule has 156 valence electrons. The maximum Gasteiger partial charge on any atom is 0.321 e. The van der Waals surface area contributed by atoms with Gasteiger partial charge in [-0.15, -0.1) is 0 Å². The van der Waals surface area contributed by atoms with Crippen molar-refractivity contribution < 1.29 is 18.4 Å². The summed E-state index contributed by atoms with van der Waals surface area (Å²) in [5.74, 6) is 1.65. The van der Waals surface area contributed by atoms with Crippen LogP contribution in [0.4, 0.5) is 14.9 Å². The van der Waals surface area contributed by atoms with Gasteiger partial charge >= 0.3 is 6.03 Å². The summed E-state index contributed by atoms with van der Waals surface area (Å²) in [4.78, 5) is 18.4. The molecule has 0 saturated carbocycles. The number of ether oxygens (including phenoxy) is 1. The molecule has 0 aliphatic carbocycles. The molecule has 1 aromatic heterocycles. The molecular weight excluding hydrogens is 387 g/mol. The van der Waals surface area contributed by atoms with Crippen LogP contribution < -0.4 is 10.1 Å². The normalized spacial score (nSPS) is 16.1. The Morgan fingerprint density at radius 3 is 2.77 bits per heavy atom. The van der Waals surface area contributed by atoms with E-state index in [1.165, 1.54) is 12.1 Å². The smallest absolute Gasteiger partial charge is 0.321 e. The van der Waals surface area contributed by atoms with Crippen molar-refractivity contribution in [1.29, 1.82) is 0 Å². The number of halogens is 1. The number of carbonyl (C=O) groups excluding carboxylic acids is 1. The van der Waals surface area contributed by atoms with Crippen molar-refractivity contribution in [3.8, 4) is 17.1 Å². The Hall–Kier alpha value is -3.42. The predicted molar refractivity (Wildman–Crippen MR) is 110 cm³/mol. The molecule has 1 N–H and O–H groups in total. The first-order valence-corrected chi connectivity index (χ1v) is 9.90. The Labute approximate surface area is 173 Å². The summed E-state index contributed by atoms with van der Waals surface area (Å²) in [6.45, 7) is 5.03. The maximum atomic E-state index is 13.3. The van der Waals surface area contributed by atoms with E-state index >= 15 is 0 Å². The molecule has 7 nitrogen and oxygen atoms in total. The van der Waals surface area contributed by atoms with E-state index in [1.807, 2.05) is 38.1 Å². The molecule has 1 saturated heterocycles. The molecule has 0 bridgehead atoms. The van der Waals surface area contributed by atoms with Crippen LogP contribution >= 0.6 is 0 Å². The number of hydrogen-bond donors (Lipinski definition) is 1. The van der Waals surface area contributed by atoms with Crippen LogP contribution in [0.2, 0.25) is 0 Å². The number of rotatable bonds is 5. The molecule has 1 atom stereocenters. The molecule has 1 aliphatic heterocycles. The van der Waals surface area contributed by atoms with Gasteiger partial charge in [0.2, 0.25) is 11.7 Å². The molecule has 0 spiro atoms. The Kier molecular flexibility index (Phi) is 5.65. The van der Waals surface area contributed by atoms with Crippen molar-refractivity contribution in [2.24, 2.45) is 0 Å². The largest absolute Gasteiger partial charge is 0.489 e. The minimum atomic E-state index is -0.389. The molecule has 4 rings (SSSR count). The van der Waals surface area contributed by atoms with E-state index in [4.69, 9.17) is 9.26 Å². The summed E-state index contributed by atoms with van der Waals surface area (Å²) >= 11 is 0. The average Bonchev–Trinajstić information content (AvgIpc) is 3.39. The van der Waals surface area contributed by atoms with Gasteiger partial charge in [0.1, 0.15) is 17.7 Å². The predicted octanol–water partition coefficient (Wildman–Crippen LogP) is 4.68. The lowest BCUT2D eigenvalue weighted by atomic mass is 10.2. The lowest BCUT2D eigenvalue weighted by Crippen LogP contribution is -2.34. The van der Waals surface area contributed by atoms with Gasteiger partial charge in [-0.2, -0.15) is 4.98 Å². The minimum Gasteiger partial charge on any atom is -0.489 e. The third-order valence-electron chi connectivity index (χ3n) is 4.86. The number of benzene rings is 2. The zero-order chi connectivity index (χ0) is 21.1. The van der Waals surface area contributed by atoms with Crippen molar-refractivity contribution in [3.05, 3.63) is 60.2 Å². The Bertz CT molecular complexity index is 1020. The zero-order valence-corrected chi connectivity index (χ0v) is 16.8. The highest BCUT2D eigenvalue weighted by Gasteiger charge is 2.27. The summed E-state index contributed by atoms with van der Waals surface area (Å²) in [6.07, 6.45) is 0.618. The molecule has 30 heavy (non-hydrogen) atoms. The van der Waals surface area contributed by atoms with Crippen molar-refractivity contribution in [1.82, 2.24) is 15.0 Å². The summed E-state index contributed by atoms with van der Waals surface area (Å²) in [7, 11) is 0. The monoisotopic (exact) mass is 410 g/mol. The maximum absolute atomic E-state index is 13.3. The molecular formula is C22H23FN4O3. The lowest BCUT2D eigenvalue weighted by Gasteiger charge is -2.18. The van der Waals surface area contributed by atoms with Crippen LogP contribution in [0.15, 0.2) is 53.1 Å². The second-order valence-electron chi connectivity index (χ2n) is 7.55. The van der Waals surface area contributed by atoms with Crippen LogP contribution in [-0.4, -0.2) is 40.3 Å². The Morgan fingerprint density at radius 2 is 2.07 bits per heavy atom. The average molecular weight is 410 g/mol. The van der Waals surface area contributed by atoms with Gasteiger partial charge in [0.25, 0.3) is 0 Å². The molecule has 3 aromatic rings. The molecule has 2 heterocycles. The highest BCUT2D eigenvalue weighted by Crippen LogP contribution is 2.24. The number of amides is 2. The van der Waals surface area contributed by atoms with Crippen molar-refractivity contribution in [3.63, 3.8) is 0 Å². The molecule has 1 aliphatic rings. The minimum absolute atomic E-state index is 0.105. The van der Waals surface area contributed by atoms with Crippen LogP contribution in [0.3, 0.4) is 0 Å². The second kappa shape index (κ2) is 8.52. The first-order chi connectivity index (χ1) is 14.5. The summed E-state index contributed by atoms with van der Waals surface area (Å²) in [6, 6.07) is 13.1. The number of urea groups is 1. The zero-order valence-electron chi connectivity index (χ0n) is 16.8. The molecule has 8 heteroatoms. The quantitative estimate of drug-likeness (QED) is 0.660. The van der Waals surface area contributed by atoms with Crippen molar-refractivity contribution in [2.45, 2.75) is 32.3 Å². The van der Waals surface area contributed by atoms with Gasteiger partial charge in [-0.3, -0.25) is 0 Å². The van der Waals surface area contributed by atoms with Crippen LogP contribution in [0.5, 0.6) is 5.75 Å². The Morgan fingerprint density at radius 1 is 1.27 bits per heavy atom. The SMILES string of the molecule is CC(C)c1nc(-c2ccc(OC3CCN(C(=O)Nc4cccc(F)c4)C3)cc2)no1. The van der Waals surface area contributed by atoms with E-state index in [0.29, 0.717) is 36.2 Å². The van der Waals surface area contributed by atoms with E-state index in [9.17, 15) is 9.18 Å². The third-order valence-corrected chi connectivity index (χ3v) is 4.86. The summed E-state index contributed by atoms with van der Waals surface area (Å²) in [5, 5.41) is 6.72. The third kappa shape index (κ3) is 4.59. The first kappa shape index (κ1) is 19.9.